The fourth-order valence-electron chi connectivity index (χ4n) is 2.87. The Morgan fingerprint density at radius 2 is 2.27 bits per heavy atom. The van der Waals surface area contributed by atoms with Crippen LogP contribution in [0.4, 0.5) is 0 Å². The van der Waals surface area contributed by atoms with E-state index >= 15 is 0 Å². The topological polar surface area (TPSA) is 32.3 Å². The van der Waals surface area contributed by atoms with Gasteiger partial charge in [0.1, 0.15) is 0 Å². The van der Waals surface area contributed by atoms with Crippen LogP contribution in [0.2, 0.25) is 0 Å². The Morgan fingerprint density at radius 1 is 1.47 bits per heavy atom. The summed E-state index contributed by atoms with van der Waals surface area (Å²) in [6.45, 7) is 8.24. The van der Waals surface area contributed by atoms with Crippen molar-refractivity contribution in [3.63, 3.8) is 0 Å². The quantitative estimate of drug-likeness (QED) is 0.744. The first kappa shape index (κ1) is 10.9. The molecule has 2 saturated heterocycles. The fraction of sp³-hybridized carbons (Fsp3) is 0.917. The lowest BCUT2D eigenvalue weighted by atomic mass is 9.79. The molecule has 2 rings (SSSR count). The molecule has 1 amide bonds. The SMILES string of the molecule is CC(C)CN1CC[C@@]2(CCCNC2)C1=O. The first-order valence-corrected chi connectivity index (χ1v) is 6.14. The van der Waals surface area contributed by atoms with Gasteiger partial charge in [0, 0.05) is 19.6 Å². The minimum Gasteiger partial charge on any atom is -0.342 e. The number of carbonyl (C=O) groups is 1. The van der Waals surface area contributed by atoms with E-state index in [-0.39, 0.29) is 5.41 Å². The molecule has 1 atom stereocenters. The maximum Gasteiger partial charge on any atom is 0.230 e. The maximum atomic E-state index is 12.3. The standard InChI is InChI=1S/C12H22N2O/c1-10(2)8-14-7-5-12(11(14)15)4-3-6-13-9-12/h10,13H,3-9H2,1-2H3/t12-/m1/s1. The van der Waals surface area contributed by atoms with Crippen molar-refractivity contribution in [2.75, 3.05) is 26.2 Å². The van der Waals surface area contributed by atoms with Gasteiger partial charge in [-0.25, -0.2) is 0 Å². The van der Waals surface area contributed by atoms with Crippen LogP contribution >= 0.6 is 0 Å². The average Bonchev–Trinajstić information content (AvgIpc) is 2.48. The second kappa shape index (κ2) is 4.12. The second-order valence-electron chi connectivity index (χ2n) is 5.46. The summed E-state index contributed by atoms with van der Waals surface area (Å²) in [6.07, 6.45) is 3.31. The van der Waals surface area contributed by atoms with Crippen LogP contribution in [0.1, 0.15) is 33.1 Å². The first-order chi connectivity index (χ1) is 7.14. The number of amides is 1. The predicted molar refractivity (Wildman–Crippen MR) is 60.6 cm³/mol. The van der Waals surface area contributed by atoms with Crippen molar-refractivity contribution in [3.05, 3.63) is 0 Å². The smallest absolute Gasteiger partial charge is 0.230 e. The number of rotatable bonds is 2. The van der Waals surface area contributed by atoms with E-state index in [9.17, 15) is 4.79 Å². The predicted octanol–water partition coefficient (Wildman–Crippen LogP) is 1.24. The molecule has 15 heavy (non-hydrogen) atoms. The molecule has 2 heterocycles. The molecule has 0 radical (unpaired) electrons. The van der Waals surface area contributed by atoms with Crippen molar-refractivity contribution in [2.24, 2.45) is 11.3 Å². The summed E-state index contributed by atoms with van der Waals surface area (Å²) in [4.78, 5) is 14.4. The van der Waals surface area contributed by atoms with Gasteiger partial charge in [-0.2, -0.15) is 0 Å². The molecule has 1 N–H and O–H groups in total. The fourth-order valence-corrected chi connectivity index (χ4v) is 2.87. The molecule has 1 spiro atoms. The number of hydrogen-bond acceptors (Lipinski definition) is 2. The van der Waals surface area contributed by atoms with E-state index < -0.39 is 0 Å². The Kier molecular flexibility index (Phi) is 3.01. The summed E-state index contributed by atoms with van der Waals surface area (Å²) in [7, 11) is 0. The van der Waals surface area contributed by atoms with Gasteiger partial charge in [-0.1, -0.05) is 13.8 Å². The van der Waals surface area contributed by atoms with Gasteiger partial charge < -0.3 is 10.2 Å². The van der Waals surface area contributed by atoms with Crippen LogP contribution in [0.3, 0.4) is 0 Å². The molecule has 0 unspecified atom stereocenters. The molecule has 0 saturated carbocycles. The van der Waals surface area contributed by atoms with E-state index in [0.29, 0.717) is 11.8 Å². The Hall–Kier alpha value is -0.570. The molecule has 2 aliphatic heterocycles. The highest BCUT2D eigenvalue weighted by atomic mass is 16.2. The summed E-state index contributed by atoms with van der Waals surface area (Å²) in [5, 5.41) is 3.37. The number of nitrogens with one attached hydrogen (secondary N) is 1. The van der Waals surface area contributed by atoms with E-state index in [2.05, 4.69) is 24.1 Å². The second-order valence-corrected chi connectivity index (χ2v) is 5.46. The van der Waals surface area contributed by atoms with E-state index in [0.717, 1.165) is 45.4 Å². The molecule has 86 valence electrons. The van der Waals surface area contributed by atoms with Gasteiger partial charge in [-0.05, 0) is 31.7 Å². The van der Waals surface area contributed by atoms with Crippen LogP contribution in [-0.4, -0.2) is 37.0 Å². The van der Waals surface area contributed by atoms with Gasteiger partial charge in [0.2, 0.25) is 5.91 Å². The lowest BCUT2D eigenvalue weighted by Gasteiger charge is -2.32. The third-order valence-electron chi connectivity index (χ3n) is 3.66. The van der Waals surface area contributed by atoms with Gasteiger partial charge in [0.15, 0.2) is 0 Å². The summed E-state index contributed by atoms with van der Waals surface area (Å²) in [5.74, 6) is 0.990. The zero-order chi connectivity index (χ0) is 10.9. The van der Waals surface area contributed by atoms with Crippen LogP contribution in [0.15, 0.2) is 0 Å². The highest BCUT2D eigenvalue weighted by Gasteiger charge is 2.46. The molecular formula is C12H22N2O. The number of nitrogens with zero attached hydrogens (tertiary/aromatic N) is 1. The van der Waals surface area contributed by atoms with Gasteiger partial charge in [-0.3, -0.25) is 4.79 Å². The lowest BCUT2D eigenvalue weighted by Crippen LogP contribution is -2.46. The number of carbonyl (C=O) groups excluding carboxylic acids is 1. The third-order valence-corrected chi connectivity index (χ3v) is 3.66. The van der Waals surface area contributed by atoms with Crippen LogP contribution in [0.25, 0.3) is 0 Å². The Morgan fingerprint density at radius 3 is 2.87 bits per heavy atom. The van der Waals surface area contributed by atoms with Gasteiger partial charge >= 0.3 is 0 Å². The normalized spacial score (nSPS) is 31.9. The lowest BCUT2D eigenvalue weighted by molar-refractivity contribution is -0.137. The van der Waals surface area contributed by atoms with Crippen molar-refractivity contribution in [2.45, 2.75) is 33.1 Å². The van der Waals surface area contributed by atoms with Crippen LogP contribution < -0.4 is 5.32 Å². The molecule has 0 aliphatic carbocycles. The molecule has 0 aromatic carbocycles. The van der Waals surface area contributed by atoms with Crippen molar-refractivity contribution in [1.82, 2.24) is 10.2 Å². The minimum absolute atomic E-state index is 0.0346. The van der Waals surface area contributed by atoms with Gasteiger partial charge in [-0.15, -0.1) is 0 Å². The molecule has 3 heteroatoms. The van der Waals surface area contributed by atoms with E-state index in [1.807, 2.05) is 0 Å². The summed E-state index contributed by atoms with van der Waals surface area (Å²) in [5.41, 5.74) is -0.0346. The average molecular weight is 210 g/mol. The zero-order valence-electron chi connectivity index (χ0n) is 9.88. The maximum absolute atomic E-state index is 12.3. The third kappa shape index (κ3) is 2.03. The Balaban J connectivity index is 2.02. The largest absolute Gasteiger partial charge is 0.342 e. The van der Waals surface area contributed by atoms with Crippen LogP contribution in [0, 0.1) is 11.3 Å². The van der Waals surface area contributed by atoms with Crippen LogP contribution in [0.5, 0.6) is 0 Å². The number of likely N-dealkylation sites (tertiary alicyclic amines) is 1. The Bertz CT molecular complexity index is 244. The van der Waals surface area contributed by atoms with Crippen molar-refractivity contribution < 1.29 is 4.79 Å². The minimum atomic E-state index is -0.0346. The summed E-state index contributed by atoms with van der Waals surface area (Å²) < 4.78 is 0. The molecule has 2 aliphatic rings. The number of hydrogen-bond donors (Lipinski definition) is 1. The molecule has 0 bridgehead atoms. The first-order valence-electron chi connectivity index (χ1n) is 6.14. The zero-order valence-corrected chi connectivity index (χ0v) is 9.88. The van der Waals surface area contributed by atoms with E-state index in [1.165, 1.54) is 0 Å². The van der Waals surface area contributed by atoms with Crippen molar-refractivity contribution in [1.29, 1.82) is 0 Å². The molecule has 0 aromatic rings. The highest BCUT2D eigenvalue weighted by Crippen LogP contribution is 2.37. The summed E-state index contributed by atoms with van der Waals surface area (Å²) in [6, 6.07) is 0. The van der Waals surface area contributed by atoms with E-state index in [4.69, 9.17) is 0 Å². The molecule has 0 aromatic heterocycles. The number of piperidine rings is 1. The molecule has 2 fully saturated rings. The molecule has 3 nitrogen and oxygen atoms in total. The summed E-state index contributed by atoms with van der Waals surface area (Å²) >= 11 is 0. The molecular weight excluding hydrogens is 188 g/mol. The highest BCUT2D eigenvalue weighted by molar-refractivity contribution is 5.85. The van der Waals surface area contributed by atoms with Crippen molar-refractivity contribution in [3.8, 4) is 0 Å². The van der Waals surface area contributed by atoms with Crippen molar-refractivity contribution >= 4 is 5.91 Å². The van der Waals surface area contributed by atoms with Gasteiger partial charge in [0.05, 0.1) is 5.41 Å². The monoisotopic (exact) mass is 210 g/mol. The van der Waals surface area contributed by atoms with E-state index in [1.54, 1.807) is 0 Å². The van der Waals surface area contributed by atoms with Gasteiger partial charge in [0.25, 0.3) is 0 Å². The van der Waals surface area contributed by atoms with Crippen LogP contribution in [-0.2, 0) is 4.79 Å². The Labute approximate surface area is 92.2 Å².